The summed E-state index contributed by atoms with van der Waals surface area (Å²) in [4.78, 5) is 31.1. The van der Waals surface area contributed by atoms with E-state index in [0.717, 1.165) is 0 Å². The second-order valence-corrected chi connectivity index (χ2v) is 5.33. The predicted octanol–water partition coefficient (Wildman–Crippen LogP) is 1.33. The topological polar surface area (TPSA) is 81.2 Å². The van der Waals surface area contributed by atoms with Crippen molar-refractivity contribution < 1.29 is 14.3 Å². The monoisotopic (exact) mass is 309 g/mol. The van der Waals surface area contributed by atoms with Crippen molar-refractivity contribution in [1.82, 2.24) is 15.3 Å². The summed E-state index contributed by atoms with van der Waals surface area (Å²) in [7, 11) is 1.39. The number of rotatable bonds is 4. The molecule has 21 heavy (non-hydrogen) atoms. The summed E-state index contributed by atoms with van der Waals surface area (Å²) in [6.45, 7) is 0.215. The second kappa shape index (κ2) is 7.23. The summed E-state index contributed by atoms with van der Waals surface area (Å²) >= 11 is 5.84. The van der Waals surface area contributed by atoms with Gasteiger partial charge in [0.25, 0.3) is 0 Å². The van der Waals surface area contributed by atoms with Crippen LogP contribution in [0.2, 0.25) is 5.15 Å². The fourth-order valence-corrected chi connectivity index (χ4v) is 2.61. The quantitative estimate of drug-likeness (QED) is 0.849. The molecule has 0 bridgehead atoms. The minimum Gasteiger partial charge on any atom is -0.469 e. The number of halogens is 1. The molecule has 1 fully saturated rings. The molecule has 0 unspecified atom stereocenters. The van der Waals surface area contributed by atoms with Crippen LogP contribution in [0.3, 0.4) is 0 Å². The van der Waals surface area contributed by atoms with Crippen LogP contribution in [0.15, 0.2) is 0 Å². The number of carbonyl (C=O) groups is 2. The first kappa shape index (κ1) is 15.5. The van der Waals surface area contributed by atoms with Crippen LogP contribution in [0.1, 0.15) is 31.4 Å². The number of esters is 1. The zero-order chi connectivity index (χ0) is 15.2. The summed E-state index contributed by atoms with van der Waals surface area (Å²) < 4.78 is 4.73. The standard InChI is InChI=1S/C14H16ClN3O3/c1-21-14(20)10-4-2-9(3-5-10)13(19)18-8-11-12(15)17-7-6-16-11/h9-10H,2-5,8H2,1H3,(H,18,19). The molecule has 1 heterocycles. The molecule has 0 radical (unpaired) electrons. The number of aromatic nitrogens is 2. The maximum atomic E-state index is 12.1. The number of amides is 1. The minimum absolute atomic E-state index is 0.0518. The molecule has 1 amide bonds. The van der Waals surface area contributed by atoms with E-state index >= 15 is 0 Å². The highest BCUT2D eigenvalue weighted by Gasteiger charge is 2.30. The molecule has 1 aliphatic carbocycles. The molecule has 112 valence electrons. The molecule has 1 aliphatic rings. The smallest absolute Gasteiger partial charge is 0.308 e. The van der Waals surface area contributed by atoms with Gasteiger partial charge in [-0.3, -0.25) is 9.59 Å². The molecular formula is C14H16ClN3O3. The normalized spacial score (nSPS) is 21.2. The Morgan fingerprint density at radius 3 is 2.48 bits per heavy atom. The van der Waals surface area contributed by atoms with E-state index in [-0.39, 0.29) is 35.4 Å². The van der Waals surface area contributed by atoms with Crippen LogP contribution in [-0.2, 0) is 20.9 Å². The highest BCUT2D eigenvalue weighted by Crippen LogP contribution is 2.29. The number of methoxy groups -OCH3 is 1. The largest absolute Gasteiger partial charge is 0.469 e. The van der Waals surface area contributed by atoms with E-state index in [1.54, 1.807) is 0 Å². The van der Waals surface area contributed by atoms with E-state index < -0.39 is 0 Å². The molecule has 0 atom stereocenters. The first-order valence-electron chi connectivity index (χ1n) is 6.77. The third-order valence-electron chi connectivity index (χ3n) is 3.70. The van der Waals surface area contributed by atoms with Gasteiger partial charge < -0.3 is 10.1 Å². The second-order valence-electron chi connectivity index (χ2n) is 4.97. The van der Waals surface area contributed by atoms with Crippen LogP contribution in [-0.4, -0.2) is 29.0 Å². The van der Waals surface area contributed by atoms with Crippen molar-refractivity contribution >= 4 is 23.5 Å². The fourth-order valence-electron chi connectivity index (χ4n) is 2.46. The van der Waals surface area contributed by atoms with Gasteiger partial charge in [-0.2, -0.15) is 9.97 Å². The van der Waals surface area contributed by atoms with Gasteiger partial charge >= 0.3 is 5.97 Å². The van der Waals surface area contributed by atoms with E-state index in [1.165, 1.54) is 7.11 Å². The summed E-state index contributed by atoms with van der Waals surface area (Å²) in [5.41, 5.74) is 0.465. The van der Waals surface area contributed by atoms with Gasteiger partial charge in [0.15, 0.2) is 5.15 Å². The van der Waals surface area contributed by atoms with Crippen LogP contribution in [0.25, 0.3) is 0 Å². The molecule has 7 heteroatoms. The Morgan fingerprint density at radius 2 is 1.86 bits per heavy atom. The van der Waals surface area contributed by atoms with Crippen molar-refractivity contribution in [3.8, 4) is 0 Å². The van der Waals surface area contributed by atoms with Crippen LogP contribution in [0.5, 0.6) is 0 Å². The average Bonchev–Trinajstić information content (AvgIpc) is 2.53. The first-order chi connectivity index (χ1) is 10.1. The molecular weight excluding hydrogens is 294 g/mol. The molecule has 1 N–H and O–H groups in total. The van der Waals surface area contributed by atoms with Gasteiger partial charge in [-0.25, -0.2) is 0 Å². The lowest BCUT2D eigenvalue weighted by Gasteiger charge is -2.26. The highest BCUT2D eigenvalue weighted by molar-refractivity contribution is 6.29. The number of hydrogen-bond acceptors (Lipinski definition) is 5. The molecule has 1 aromatic rings. The van der Waals surface area contributed by atoms with Gasteiger partial charge in [-0.1, -0.05) is 11.6 Å². The number of hydrogen-bond donors (Lipinski definition) is 1. The Balaban J connectivity index is 1.80. The van der Waals surface area contributed by atoms with Gasteiger partial charge in [0.1, 0.15) is 5.69 Å². The Kier molecular flexibility index (Phi) is 5.34. The van der Waals surface area contributed by atoms with Crippen molar-refractivity contribution in [2.45, 2.75) is 32.2 Å². The SMILES string of the molecule is COC(=O)C1CCC(C(=O)NCc2nc#cnc2Cl)CC1. The van der Waals surface area contributed by atoms with E-state index in [0.29, 0.717) is 31.4 Å². The van der Waals surface area contributed by atoms with Crippen molar-refractivity contribution in [2.24, 2.45) is 11.8 Å². The third kappa shape index (κ3) is 4.05. The molecule has 6 nitrogen and oxygen atoms in total. The molecule has 2 rings (SSSR count). The maximum Gasteiger partial charge on any atom is 0.308 e. The summed E-state index contributed by atoms with van der Waals surface area (Å²) in [6, 6.07) is 0. The summed E-state index contributed by atoms with van der Waals surface area (Å²) in [6.07, 6.45) is 7.58. The zero-order valence-electron chi connectivity index (χ0n) is 11.7. The lowest BCUT2D eigenvalue weighted by atomic mass is 9.81. The van der Waals surface area contributed by atoms with E-state index in [4.69, 9.17) is 16.3 Å². The Labute approximate surface area is 128 Å². The molecule has 0 aliphatic heterocycles. The minimum atomic E-state index is -0.188. The highest BCUT2D eigenvalue weighted by atomic mass is 35.5. The summed E-state index contributed by atoms with van der Waals surface area (Å²) in [5.74, 6) is -0.411. The van der Waals surface area contributed by atoms with Crippen molar-refractivity contribution in [2.75, 3.05) is 7.11 Å². The van der Waals surface area contributed by atoms with Gasteiger partial charge in [-0.05, 0) is 25.7 Å². The van der Waals surface area contributed by atoms with Crippen molar-refractivity contribution in [1.29, 1.82) is 0 Å². The fraction of sp³-hybridized carbons (Fsp3) is 0.571. The van der Waals surface area contributed by atoms with Gasteiger partial charge in [0, 0.05) is 5.92 Å². The third-order valence-corrected chi connectivity index (χ3v) is 4.00. The van der Waals surface area contributed by atoms with E-state index in [9.17, 15) is 9.59 Å². The molecule has 0 aromatic carbocycles. The lowest BCUT2D eigenvalue weighted by Crippen LogP contribution is -2.34. The first-order valence-corrected chi connectivity index (χ1v) is 7.15. The predicted molar refractivity (Wildman–Crippen MR) is 74.0 cm³/mol. The van der Waals surface area contributed by atoms with Gasteiger partial charge in [-0.15, -0.1) is 0 Å². The number of carbonyl (C=O) groups excluding carboxylic acids is 2. The van der Waals surface area contributed by atoms with Crippen LogP contribution in [0.4, 0.5) is 0 Å². The summed E-state index contributed by atoms with van der Waals surface area (Å²) in [5, 5.41) is 3.00. The average molecular weight is 310 g/mol. The van der Waals surface area contributed by atoms with Crippen LogP contribution < -0.4 is 5.32 Å². The van der Waals surface area contributed by atoms with Crippen LogP contribution >= 0.6 is 11.6 Å². The number of nitrogens with zero attached hydrogens (tertiary/aromatic N) is 2. The van der Waals surface area contributed by atoms with Crippen molar-refractivity contribution in [3.63, 3.8) is 0 Å². The van der Waals surface area contributed by atoms with Gasteiger partial charge in [0.2, 0.25) is 5.91 Å². The zero-order valence-corrected chi connectivity index (χ0v) is 12.4. The van der Waals surface area contributed by atoms with E-state index in [2.05, 4.69) is 27.7 Å². The van der Waals surface area contributed by atoms with E-state index in [1.807, 2.05) is 0 Å². The maximum absolute atomic E-state index is 12.1. The Bertz CT molecular complexity index is 516. The van der Waals surface area contributed by atoms with Gasteiger partial charge in [0.05, 0.1) is 32.0 Å². The molecule has 0 spiro atoms. The molecule has 1 saturated carbocycles. The molecule has 1 aromatic heterocycles. The number of ether oxygens (including phenoxy) is 1. The molecule has 0 saturated heterocycles. The Hall–Kier alpha value is -1.87. The van der Waals surface area contributed by atoms with Crippen LogP contribution in [0, 0.1) is 24.2 Å². The van der Waals surface area contributed by atoms with Crippen molar-refractivity contribution in [3.05, 3.63) is 23.2 Å². The lowest BCUT2D eigenvalue weighted by molar-refractivity contribution is -0.147. The number of nitrogens with one attached hydrogen (secondary N) is 1. The Morgan fingerprint density at radius 1 is 1.24 bits per heavy atom.